The second-order valence-corrected chi connectivity index (χ2v) is 7.30. The van der Waals surface area contributed by atoms with Crippen molar-refractivity contribution in [1.29, 1.82) is 0 Å². The number of fused-ring (bicyclic) bond motifs is 1. The van der Waals surface area contributed by atoms with E-state index in [4.69, 9.17) is 0 Å². The minimum absolute atomic E-state index is 0.150. The number of carbonyl (C=O) groups is 1. The van der Waals surface area contributed by atoms with Crippen molar-refractivity contribution in [1.82, 2.24) is 10.2 Å². The van der Waals surface area contributed by atoms with Crippen LogP contribution >= 0.6 is 0 Å². The molecule has 0 bridgehead atoms. The van der Waals surface area contributed by atoms with Gasteiger partial charge in [-0.1, -0.05) is 36.4 Å². The highest BCUT2D eigenvalue weighted by atomic mass is 16.2. The van der Waals surface area contributed by atoms with Gasteiger partial charge in [-0.25, -0.2) is 0 Å². The van der Waals surface area contributed by atoms with Gasteiger partial charge in [-0.2, -0.15) is 0 Å². The van der Waals surface area contributed by atoms with Crippen molar-refractivity contribution in [3.8, 4) is 0 Å². The fourth-order valence-corrected chi connectivity index (χ4v) is 3.94. The number of nitrogens with one attached hydrogen (secondary N) is 1. The maximum atomic E-state index is 13.1. The quantitative estimate of drug-likeness (QED) is 0.926. The largest absolute Gasteiger partial charge is 0.333 e. The van der Waals surface area contributed by atoms with Crippen molar-refractivity contribution in [3.05, 3.63) is 48.0 Å². The smallest absolute Gasteiger partial charge is 0.227 e. The van der Waals surface area contributed by atoms with Gasteiger partial charge in [-0.05, 0) is 61.6 Å². The number of amides is 1. The van der Waals surface area contributed by atoms with Crippen LogP contribution in [-0.2, 0) is 4.79 Å². The van der Waals surface area contributed by atoms with Gasteiger partial charge in [0, 0.05) is 12.6 Å². The minimum Gasteiger partial charge on any atom is -0.333 e. The van der Waals surface area contributed by atoms with E-state index in [1.54, 1.807) is 0 Å². The molecule has 24 heavy (non-hydrogen) atoms. The Morgan fingerprint density at radius 2 is 1.92 bits per heavy atom. The average molecular weight is 322 g/mol. The molecular weight excluding hydrogens is 296 g/mol. The first-order chi connectivity index (χ1) is 11.7. The number of nitrogens with zero attached hydrogens (tertiary/aromatic N) is 1. The van der Waals surface area contributed by atoms with Crippen molar-refractivity contribution < 1.29 is 4.79 Å². The standard InChI is InChI=1S/C21H26N2O/c1-15(17-9-8-16-5-2-3-6-18(16)13-17)23(20-10-11-20)21(24)19-7-4-12-22-14-19/h2-3,5-6,8-9,13,15,19-20,22H,4,7,10-12,14H2,1H3. The van der Waals surface area contributed by atoms with Crippen LogP contribution in [0.25, 0.3) is 10.8 Å². The van der Waals surface area contributed by atoms with Crippen LogP contribution in [-0.4, -0.2) is 29.9 Å². The molecule has 0 aromatic heterocycles. The number of piperidine rings is 1. The summed E-state index contributed by atoms with van der Waals surface area (Å²) < 4.78 is 0. The Bertz CT molecular complexity index is 731. The fourth-order valence-electron chi connectivity index (χ4n) is 3.94. The summed E-state index contributed by atoms with van der Waals surface area (Å²) in [6.45, 7) is 4.08. The van der Waals surface area contributed by atoms with Gasteiger partial charge in [-0.3, -0.25) is 4.79 Å². The first-order valence-electron chi connectivity index (χ1n) is 9.25. The molecule has 1 amide bonds. The Kier molecular flexibility index (Phi) is 4.28. The predicted octanol–water partition coefficient (Wildman–Crippen LogP) is 3.89. The number of rotatable bonds is 4. The maximum absolute atomic E-state index is 13.1. The lowest BCUT2D eigenvalue weighted by Gasteiger charge is -2.34. The van der Waals surface area contributed by atoms with Gasteiger partial charge in [0.1, 0.15) is 0 Å². The zero-order valence-electron chi connectivity index (χ0n) is 14.4. The van der Waals surface area contributed by atoms with E-state index in [1.807, 2.05) is 0 Å². The van der Waals surface area contributed by atoms with Crippen molar-refractivity contribution in [2.75, 3.05) is 13.1 Å². The molecular formula is C21H26N2O. The van der Waals surface area contributed by atoms with E-state index in [0.717, 1.165) is 38.8 Å². The Morgan fingerprint density at radius 1 is 1.12 bits per heavy atom. The first-order valence-corrected chi connectivity index (χ1v) is 9.25. The number of benzene rings is 2. The Balaban J connectivity index is 1.60. The SMILES string of the molecule is CC(c1ccc2ccccc2c1)N(C(=O)C1CCCNC1)C1CC1. The fraction of sp³-hybridized carbons (Fsp3) is 0.476. The van der Waals surface area contributed by atoms with Crippen molar-refractivity contribution in [2.24, 2.45) is 5.92 Å². The predicted molar refractivity (Wildman–Crippen MR) is 97.8 cm³/mol. The summed E-state index contributed by atoms with van der Waals surface area (Å²) in [4.78, 5) is 15.3. The molecule has 1 aliphatic heterocycles. The van der Waals surface area contributed by atoms with E-state index in [1.165, 1.54) is 16.3 Å². The monoisotopic (exact) mass is 322 g/mol. The number of hydrogen-bond acceptors (Lipinski definition) is 2. The summed E-state index contributed by atoms with van der Waals surface area (Å²) in [6, 6.07) is 15.7. The third kappa shape index (κ3) is 3.05. The molecule has 2 aliphatic rings. The molecule has 1 saturated heterocycles. The van der Waals surface area contributed by atoms with Gasteiger partial charge in [0.25, 0.3) is 0 Å². The topological polar surface area (TPSA) is 32.3 Å². The highest BCUT2D eigenvalue weighted by Crippen LogP contribution is 2.37. The molecule has 0 radical (unpaired) electrons. The normalized spacial score (nSPS) is 22.3. The van der Waals surface area contributed by atoms with Crippen molar-refractivity contribution in [2.45, 2.75) is 44.7 Å². The second-order valence-electron chi connectivity index (χ2n) is 7.30. The van der Waals surface area contributed by atoms with Gasteiger partial charge in [0.05, 0.1) is 12.0 Å². The Hall–Kier alpha value is -1.87. The summed E-state index contributed by atoms with van der Waals surface area (Å²) in [5, 5.41) is 5.90. The Labute approximate surface area is 144 Å². The van der Waals surface area contributed by atoms with Crippen LogP contribution in [0.1, 0.15) is 44.2 Å². The highest BCUT2D eigenvalue weighted by molar-refractivity contribution is 5.84. The lowest BCUT2D eigenvalue weighted by Crippen LogP contribution is -2.45. The van der Waals surface area contributed by atoms with Gasteiger partial charge in [0.2, 0.25) is 5.91 Å². The second kappa shape index (κ2) is 6.56. The molecule has 4 rings (SSSR count). The summed E-state index contributed by atoms with van der Waals surface area (Å²) >= 11 is 0. The van der Waals surface area contributed by atoms with E-state index in [0.29, 0.717) is 11.9 Å². The third-order valence-corrected chi connectivity index (χ3v) is 5.51. The highest BCUT2D eigenvalue weighted by Gasteiger charge is 2.39. The van der Waals surface area contributed by atoms with E-state index >= 15 is 0 Å². The zero-order chi connectivity index (χ0) is 16.5. The van der Waals surface area contributed by atoms with Gasteiger partial charge < -0.3 is 10.2 Å². The Morgan fingerprint density at radius 3 is 2.62 bits per heavy atom. The summed E-state index contributed by atoms with van der Waals surface area (Å²) in [6.07, 6.45) is 4.45. The first kappa shape index (κ1) is 15.6. The van der Waals surface area contributed by atoms with Crippen molar-refractivity contribution in [3.63, 3.8) is 0 Å². The average Bonchev–Trinajstić information content (AvgIpc) is 3.47. The third-order valence-electron chi connectivity index (χ3n) is 5.51. The molecule has 1 saturated carbocycles. The van der Waals surface area contributed by atoms with Crippen LogP contribution < -0.4 is 5.32 Å². The summed E-state index contributed by atoms with van der Waals surface area (Å²) in [5.74, 6) is 0.507. The summed E-state index contributed by atoms with van der Waals surface area (Å²) in [5.41, 5.74) is 1.25. The maximum Gasteiger partial charge on any atom is 0.227 e. The van der Waals surface area contributed by atoms with E-state index < -0.39 is 0 Å². The molecule has 2 aromatic carbocycles. The summed E-state index contributed by atoms with van der Waals surface area (Å²) in [7, 11) is 0. The van der Waals surface area contributed by atoms with E-state index in [2.05, 4.69) is 59.6 Å². The van der Waals surface area contributed by atoms with Gasteiger partial charge in [0.15, 0.2) is 0 Å². The van der Waals surface area contributed by atoms with Crippen LogP contribution in [0.3, 0.4) is 0 Å². The molecule has 2 aromatic rings. The van der Waals surface area contributed by atoms with Crippen LogP contribution in [0.15, 0.2) is 42.5 Å². The molecule has 1 N–H and O–H groups in total. The van der Waals surface area contributed by atoms with Crippen LogP contribution in [0.2, 0.25) is 0 Å². The van der Waals surface area contributed by atoms with Crippen LogP contribution in [0, 0.1) is 5.92 Å². The zero-order valence-corrected chi connectivity index (χ0v) is 14.4. The molecule has 1 heterocycles. The van der Waals surface area contributed by atoms with Crippen molar-refractivity contribution >= 4 is 16.7 Å². The van der Waals surface area contributed by atoms with Gasteiger partial charge in [-0.15, -0.1) is 0 Å². The van der Waals surface area contributed by atoms with Gasteiger partial charge >= 0.3 is 0 Å². The van der Waals surface area contributed by atoms with E-state index in [-0.39, 0.29) is 12.0 Å². The molecule has 3 heteroatoms. The van der Waals surface area contributed by atoms with E-state index in [9.17, 15) is 4.79 Å². The lowest BCUT2D eigenvalue weighted by atomic mass is 9.95. The minimum atomic E-state index is 0.150. The number of hydrogen-bond donors (Lipinski definition) is 1. The number of carbonyl (C=O) groups excluding carboxylic acids is 1. The van der Waals surface area contributed by atoms with Crippen LogP contribution in [0.5, 0.6) is 0 Å². The molecule has 126 valence electrons. The lowest BCUT2D eigenvalue weighted by molar-refractivity contribution is -0.139. The molecule has 2 atom stereocenters. The molecule has 2 unspecified atom stereocenters. The molecule has 0 spiro atoms. The molecule has 1 aliphatic carbocycles. The molecule has 3 nitrogen and oxygen atoms in total. The van der Waals surface area contributed by atoms with Crippen LogP contribution in [0.4, 0.5) is 0 Å². The molecule has 2 fully saturated rings.